The van der Waals surface area contributed by atoms with E-state index in [1.807, 2.05) is 24.3 Å². The van der Waals surface area contributed by atoms with Gasteiger partial charge in [0, 0.05) is 32.1 Å². The Kier molecular flexibility index (Phi) is 5.30. The minimum atomic E-state index is -1.79. The molecule has 0 radical (unpaired) electrons. The summed E-state index contributed by atoms with van der Waals surface area (Å²) in [4.78, 5) is 18.4. The molecule has 0 bridgehead atoms. The molecule has 7 nitrogen and oxygen atoms in total. The predicted octanol–water partition coefficient (Wildman–Crippen LogP) is 2.61. The molecule has 0 spiro atoms. The van der Waals surface area contributed by atoms with Crippen molar-refractivity contribution in [1.29, 1.82) is 0 Å². The molecular weight excluding hydrogens is 365 g/mol. The molecule has 0 N–H and O–H groups in total. The summed E-state index contributed by atoms with van der Waals surface area (Å²) in [6.07, 6.45) is 2.00. The number of hydrogen-bond donors (Lipinski definition) is 0. The largest absolute Gasteiger partial charge is 0.497 e. The molecule has 1 amide bonds. The maximum absolute atomic E-state index is 15.4. The first-order chi connectivity index (χ1) is 13.6. The van der Waals surface area contributed by atoms with Crippen LogP contribution in [0.15, 0.2) is 28.8 Å². The third kappa shape index (κ3) is 3.87. The van der Waals surface area contributed by atoms with Crippen LogP contribution in [0.1, 0.15) is 42.5 Å². The normalized spacial score (nSPS) is 23.1. The molecule has 1 unspecified atom stereocenters. The van der Waals surface area contributed by atoms with Crippen LogP contribution in [0.2, 0.25) is 0 Å². The summed E-state index contributed by atoms with van der Waals surface area (Å²) in [5.41, 5.74) is -0.923. The highest BCUT2D eigenvalue weighted by molar-refractivity contribution is 5.79. The van der Waals surface area contributed by atoms with Crippen LogP contribution in [-0.4, -0.2) is 54.4 Å². The predicted molar refractivity (Wildman–Crippen MR) is 97.8 cm³/mol. The highest BCUT2D eigenvalue weighted by atomic mass is 19.1. The second kappa shape index (κ2) is 7.87. The summed E-state index contributed by atoms with van der Waals surface area (Å²) in [7, 11) is 1.59. The molecule has 2 aliphatic heterocycles. The van der Waals surface area contributed by atoms with E-state index in [-0.39, 0.29) is 37.1 Å². The molecule has 2 saturated heterocycles. The van der Waals surface area contributed by atoms with E-state index in [9.17, 15) is 4.79 Å². The number of carbonyl (C=O) groups is 1. The SMILES string of the molecule is COc1ccc(CC(=O)N2CCC(F)(c3nc(C4CCOCC4)no3)C2)cc1. The van der Waals surface area contributed by atoms with E-state index < -0.39 is 5.67 Å². The summed E-state index contributed by atoms with van der Waals surface area (Å²) in [5, 5.41) is 3.99. The van der Waals surface area contributed by atoms with E-state index in [0.717, 1.165) is 24.2 Å². The number of amides is 1. The summed E-state index contributed by atoms with van der Waals surface area (Å²) in [5.74, 6) is 1.28. The molecule has 1 atom stereocenters. The van der Waals surface area contributed by atoms with E-state index >= 15 is 4.39 Å². The van der Waals surface area contributed by atoms with Gasteiger partial charge in [-0.25, -0.2) is 4.39 Å². The van der Waals surface area contributed by atoms with Crippen molar-refractivity contribution in [2.75, 3.05) is 33.4 Å². The van der Waals surface area contributed by atoms with Gasteiger partial charge in [-0.05, 0) is 30.5 Å². The number of ether oxygens (including phenoxy) is 2. The van der Waals surface area contributed by atoms with Crippen LogP contribution < -0.4 is 4.74 Å². The smallest absolute Gasteiger partial charge is 0.266 e. The minimum absolute atomic E-state index is 0.0197. The molecular formula is C20H24FN3O4. The van der Waals surface area contributed by atoms with Crippen molar-refractivity contribution in [2.24, 2.45) is 0 Å². The Hall–Kier alpha value is -2.48. The van der Waals surface area contributed by atoms with Gasteiger partial charge >= 0.3 is 0 Å². The summed E-state index contributed by atoms with van der Waals surface area (Å²) in [6, 6.07) is 7.30. The fourth-order valence-corrected chi connectivity index (χ4v) is 3.73. The number of nitrogens with zero attached hydrogens (tertiary/aromatic N) is 3. The molecule has 150 valence electrons. The van der Waals surface area contributed by atoms with Crippen LogP contribution in [0, 0.1) is 0 Å². The van der Waals surface area contributed by atoms with E-state index in [2.05, 4.69) is 10.1 Å². The lowest BCUT2D eigenvalue weighted by Gasteiger charge is -2.19. The molecule has 2 aromatic rings. The van der Waals surface area contributed by atoms with Crippen LogP contribution in [0.4, 0.5) is 4.39 Å². The van der Waals surface area contributed by atoms with Crippen LogP contribution in [0.3, 0.4) is 0 Å². The van der Waals surface area contributed by atoms with Crippen LogP contribution in [0.5, 0.6) is 5.75 Å². The number of alkyl halides is 1. The van der Waals surface area contributed by atoms with Crippen molar-refractivity contribution in [1.82, 2.24) is 15.0 Å². The zero-order chi connectivity index (χ0) is 19.6. The fourth-order valence-electron chi connectivity index (χ4n) is 3.73. The second-order valence-corrected chi connectivity index (χ2v) is 7.40. The number of hydrogen-bond acceptors (Lipinski definition) is 6. The van der Waals surface area contributed by atoms with Gasteiger partial charge in [-0.1, -0.05) is 17.3 Å². The van der Waals surface area contributed by atoms with Crippen LogP contribution in [0.25, 0.3) is 0 Å². The molecule has 4 rings (SSSR count). The van der Waals surface area contributed by atoms with Gasteiger partial charge in [0.15, 0.2) is 5.82 Å². The van der Waals surface area contributed by atoms with E-state index in [4.69, 9.17) is 14.0 Å². The van der Waals surface area contributed by atoms with Gasteiger partial charge in [-0.3, -0.25) is 4.79 Å². The Morgan fingerprint density at radius 1 is 1.32 bits per heavy atom. The van der Waals surface area contributed by atoms with Crippen LogP contribution >= 0.6 is 0 Å². The number of aromatic nitrogens is 2. The van der Waals surface area contributed by atoms with Crippen molar-refractivity contribution < 1.29 is 23.2 Å². The molecule has 1 aromatic carbocycles. The monoisotopic (exact) mass is 389 g/mol. The minimum Gasteiger partial charge on any atom is -0.497 e. The maximum Gasteiger partial charge on any atom is 0.266 e. The average molecular weight is 389 g/mol. The molecule has 2 fully saturated rings. The lowest BCUT2D eigenvalue weighted by Crippen LogP contribution is -2.33. The Balaban J connectivity index is 1.39. The Bertz CT molecular complexity index is 819. The lowest BCUT2D eigenvalue weighted by atomic mass is 9.99. The molecule has 28 heavy (non-hydrogen) atoms. The first-order valence-corrected chi connectivity index (χ1v) is 9.59. The Morgan fingerprint density at radius 3 is 2.79 bits per heavy atom. The molecule has 0 saturated carbocycles. The number of likely N-dealkylation sites (tertiary alicyclic amines) is 1. The van der Waals surface area contributed by atoms with Gasteiger partial charge in [0.2, 0.25) is 11.6 Å². The molecule has 1 aromatic heterocycles. The molecule has 3 heterocycles. The summed E-state index contributed by atoms with van der Waals surface area (Å²) >= 11 is 0. The molecule has 0 aliphatic carbocycles. The quantitative estimate of drug-likeness (QED) is 0.782. The number of rotatable bonds is 5. The summed E-state index contributed by atoms with van der Waals surface area (Å²) in [6.45, 7) is 1.59. The van der Waals surface area contributed by atoms with Crippen molar-refractivity contribution in [3.8, 4) is 5.75 Å². The summed E-state index contributed by atoms with van der Waals surface area (Å²) < 4.78 is 31.1. The van der Waals surface area contributed by atoms with E-state index in [0.29, 0.717) is 25.6 Å². The van der Waals surface area contributed by atoms with Crippen molar-refractivity contribution in [3.63, 3.8) is 0 Å². The van der Waals surface area contributed by atoms with Crippen molar-refractivity contribution in [2.45, 2.75) is 37.3 Å². The first-order valence-electron chi connectivity index (χ1n) is 9.59. The van der Waals surface area contributed by atoms with Gasteiger partial charge in [0.05, 0.1) is 20.1 Å². The van der Waals surface area contributed by atoms with Crippen molar-refractivity contribution >= 4 is 5.91 Å². The molecule has 8 heteroatoms. The van der Waals surface area contributed by atoms with Gasteiger partial charge in [0.1, 0.15) is 5.75 Å². The lowest BCUT2D eigenvalue weighted by molar-refractivity contribution is -0.130. The average Bonchev–Trinajstić information content (AvgIpc) is 3.38. The third-order valence-corrected chi connectivity index (χ3v) is 5.50. The highest BCUT2D eigenvalue weighted by Crippen LogP contribution is 2.36. The number of carbonyl (C=O) groups excluding carboxylic acids is 1. The highest BCUT2D eigenvalue weighted by Gasteiger charge is 2.46. The number of halogens is 1. The number of benzene rings is 1. The van der Waals surface area contributed by atoms with E-state index in [1.165, 1.54) is 4.90 Å². The zero-order valence-corrected chi connectivity index (χ0v) is 15.9. The zero-order valence-electron chi connectivity index (χ0n) is 15.9. The maximum atomic E-state index is 15.4. The molecule has 2 aliphatic rings. The van der Waals surface area contributed by atoms with E-state index in [1.54, 1.807) is 7.11 Å². The van der Waals surface area contributed by atoms with Crippen molar-refractivity contribution in [3.05, 3.63) is 41.5 Å². The standard InChI is InChI=1S/C20H24FN3O4/c1-26-16-4-2-14(3-5-16)12-17(25)24-9-8-20(21,13-24)19-22-18(23-28-19)15-6-10-27-11-7-15/h2-5,15H,6-13H2,1H3. The van der Waals surface area contributed by atoms with Gasteiger partial charge in [-0.2, -0.15) is 4.98 Å². The Morgan fingerprint density at radius 2 is 2.07 bits per heavy atom. The van der Waals surface area contributed by atoms with Gasteiger partial charge in [-0.15, -0.1) is 0 Å². The number of methoxy groups -OCH3 is 1. The fraction of sp³-hybridized carbons (Fsp3) is 0.550. The third-order valence-electron chi connectivity index (χ3n) is 5.50. The Labute approximate surface area is 162 Å². The second-order valence-electron chi connectivity index (χ2n) is 7.40. The first kappa shape index (κ1) is 18.9. The topological polar surface area (TPSA) is 77.7 Å². The van der Waals surface area contributed by atoms with Gasteiger partial charge in [0.25, 0.3) is 5.89 Å². The van der Waals surface area contributed by atoms with Crippen LogP contribution in [-0.2, 0) is 21.6 Å². The van der Waals surface area contributed by atoms with Gasteiger partial charge < -0.3 is 18.9 Å².